The fraction of sp³-hybridized carbons (Fsp3) is 0.231. The van der Waals surface area contributed by atoms with E-state index in [9.17, 15) is 4.39 Å². The van der Waals surface area contributed by atoms with Crippen LogP contribution in [0.4, 0.5) is 4.39 Å². The van der Waals surface area contributed by atoms with Crippen LogP contribution in [-0.4, -0.2) is 7.05 Å². The van der Waals surface area contributed by atoms with Crippen molar-refractivity contribution in [2.24, 2.45) is 0 Å². The van der Waals surface area contributed by atoms with Crippen LogP contribution in [0.1, 0.15) is 16.5 Å². The molecule has 1 nitrogen and oxygen atoms in total. The van der Waals surface area contributed by atoms with Gasteiger partial charge in [0, 0.05) is 15.9 Å². The Morgan fingerprint density at radius 2 is 2.17 bits per heavy atom. The number of thiophene rings is 1. The molecule has 1 atom stereocenters. The normalized spacial score (nSPS) is 12.7. The predicted octanol–water partition coefficient (Wildman–Crippen LogP) is 4.81. The molecule has 0 aliphatic heterocycles. The summed E-state index contributed by atoms with van der Waals surface area (Å²) in [5, 5.41) is 3.64. The van der Waals surface area contributed by atoms with Crippen molar-refractivity contribution in [3.05, 3.63) is 55.4 Å². The first-order valence-corrected chi connectivity index (χ1v) is 7.45. The minimum Gasteiger partial charge on any atom is -0.312 e. The van der Waals surface area contributed by atoms with Crippen LogP contribution in [0.5, 0.6) is 0 Å². The van der Waals surface area contributed by atoms with Crippen LogP contribution in [-0.2, 0) is 6.42 Å². The third kappa shape index (κ3) is 3.32. The maximum absolute atomic E-state index is 13.7. The second-order valence-electron chi connectivity index (χ2n) is 3.92. The van der Waals surface area contributed by atoms with Gasteiger partial charge in [-0.1, -0.05) is 17.7 Å². The molecule has 0 saturated carbocycles. The van der Waals surface area contributed by atoms with Gasteiger partial charge < -0.3 is 5.32 Å². The summed E-state index contributed by atoms with van der Waals surface area (Å²) in [5.74, 6) is -0.252. The van der Waals surface area contributed by atoms with Crippen LogP contribution >= 0.6 is 38.9 Å². The Hall–Kier alpha value is -0.420. The molecule has 1 N–H and O–H groups in total. The van der Waals surface area contributed by atoms with E-state index in [0.717, 1.165) is 3.79 Å². The summed E-state index contributed by atoms with van der Waals surface area (Å²) in [6, 6.07) is 8.97. The number of rotatable bonds is 4. The molecule has 0 aliphatic carbocycles. The van der Waals surface area contributed by atoms with E-state index in [1.165, 1.54) is 10.9 Å². The van der Waals surface area contributed by atoms with Gasteiger partial charge in [0.1, 0.15) is 5.82 Å². The number of halogens is 3. The first kappa shape index (κ1) is 14.0. The first-order valence-electron chi connectivity index (χ1n) is 5.46. The molecule has 0 spiro atoms. The standard InChI is InChI=1S/C13H12BrClFNS/c1-17-11(12-4-5-13(14)18-12)6-8-2-3-9(15)7-10(8)16/h2-5,7,11,17H,6H2,1H3. The summed E-state index contributed by atoms with van der Waals surface area (Å²) in [6.45, 7) is 0. The van der Waals surface area contributed by atoms with E-state index in [1.807, 2.05) is 19.2 Å². The van der Waals surface area contributed by atoms with Crippen molar-refractivity contribution in [2.75, 3.05) is 7.05 Å². The highest BCUT2D eigenvalue weighted by Crippen LogP contribution is 2.30. The maximum atomic E-state index is 13.7. The third-order valence-electron chi connectivity index (χ3n) is 2.73. The molecule has 1 aromatic carbocycles. The number of hydrogen-bond acceptors (Lipinski definition) is 2. The van der Waals surface area contributed by atoms with Crippen LogP contribution in [0.15, 0.2) is 34.1 Å². The molecule has 0 bridgehead atoms. The van der Waals surface area contributed by atoms with Crippen molar-refractivity contribution >= 4 is 38.9 Å². The van der Waals surface area contributed by atoms with Gasteiger partial charge in [0.05, 0.1) is 3.79 Å². The van der Waals surface area contributed by atoms with Crippen LogP contribution in [0.25, 0.3) is 0 Å². The van der Waals surface area contributed by atoms with E-state index >= 15 is 0 Å². The van der Waals surface area contributed by atoms with Gasteiger partial charge in [0.2, 0.25) is 0 Å². The largest absolute Gasteiger partial charge is 0.312 e. The number of nitrogens with one attached hydrogen (secondary N) is 1. The Labute approximate surface area is 123 Å². The highest BCUT2D eigenvalue weighted by Gasteiger charge is 2.14. The van der Waals surface area contributed by atoms with Crippen molar-refractivity contribution in [1.82, 2.24) is 5.32 Å². The minimum atomic E-state index is -0.252. The molecule has 0 fully saturated rings. The Bertz CT molecular complexity index is 544. The molecule has 1 heterocycles. The van der Waals surface area contributed by atoms with E-state index in [1.54, 1.807) is 23.5 Å². The van der Waals surface area contributed by atoms with Crippen LogP contribution < -0.4 is 5.32 Å². The van der Waals surface area contributed by atoms with E-state index in [2.05, 4.69) is 21.2 Å². The average Bonchev–Trinajstić information content (AvgIpc) is 2.75. The van der Waals surface area contributed by atoms with Crippen molar-refractivity contribution < 1.29 is 4.39 Å². The Kier molecular flexibility index (Phi) is 4.78. The lowest BCUT2D eigenvalue weighted by Crippen LogP contribution is -2.18. The molecular formula is C13H12BrClFNS. The number of likely N-dealkylation sites (N-methyl/N-ethyl adjacent to an activating group) is 1. The molecule has 0 radical (unpaired) electrons. The average molecular weight is 349 g/mol. The third-order valence-corrected chi connectivity index (χ3v) is 4.70. The highest BCUT2D eigenvalue weighted by molar-refractivity contribution is 9.11. The smallest absolute Gasteiger partial charge is 0.127 e. The van der Waals surface area contributed by atoms with E-state index in [4.69, 9.17) is 11.6 Å². The second-order valence-corrected chi connectivity index (χ2v) is 6.85. The van der Waals surface area contributed by atoms with Gasteiger partial charge >= 0.3 is 0 Å². The Balaban J connectivity index is 2.20. The zero-order valence-electron chi connectivity index (χ0n) is 9.71. The lowest BCUT2D eigenvalue weighted by atomic mass is 10.0. The molecule has 0 amide bonds. The second kappa shape index (κ2) is 6.15. The van der Waals surface area contributed by atoms with Crippen molar-refractivity contribution in [3.8, 4) is 0 Å². The quantitative estimate of drug-likeness (QED) is 0.836. The van der Waals surface area contributed by atoms with E-state index in [0.29, 0.717) is 17.0 Å². The lowest BCUT2D eigenvalue weighted by Gasteiger charge is -2.15. The maximum Gasteiger partial charge on any atom is 0.127 e. The van der Waals surface area contributed by atoms with E-state index in [-0.39, 0.29) is 11.9 Å². The predicted molar refractivity (Wildman–Crippen MR) is 78.9 cm³/mol. The van der Waals surface area contributed by atoms with Crippen LogP contribution in [0, 0.1) is 5.82 Å². The fourth-order valence-corrected chi connectivity index (χ4v) is 3.46. The van der Waals surface area contributed by atoms with E-state index < -0.39 is 0 Å². The molecule has 1 unspecified atom stereocenters. The molecule has 2 rings (SSSR count). The molecule has 0 saturated heterocycles. The summed E-state index contributed by atoms with van der Waals surface area (Å²) in [5.41, 5.74) is 0.670. The molecule has 2 aromatic rings. The van der Waals surface area contributed by atoms with Gasteiger partial charge in [0.15, 0.2) is 0 Å². The Morgan fingerprint density at radius 1 is 1.39 bits per heavy atom. The van der Waals surface area contributed by atoms with Crippen LogP contribution in [0.2, 0.25) is 5.02 Å². The highest BCUT2D eigenvalue weighted by atomic mass is 79.9. The molecule has 18 heavy (non-hydrogen) atoms. The van der Waals surface area contributed by atoms with Crippen molar-refractivity contribution in [2.45, 2.75) is 12.5 Å². The summed E-state index contributed by atoms with van der Waals surface area (Å²) in [7, 11) is 1.88. The topological polar surface area (TPSA) is 12.0 Å². The van der Waals surface area contributed by atoms with Crippen LogP contribution in [0.3, 0.4) is 0 Å². The monoisotopic (exact) mass is 347 g/mol. The van der Waals surface area contributed by atoms with Crippen molar-refractivity contribution in [3.63, 3.8) is 0 Å². The summed E-state index contributed by atoms with van der Waals surface area (Å²) < 4.78 is 14.8. The fourth-order valence-electron chi connectivity index (χ4n) is 1.77. The van der Waals surface area contributed by atoms with Gasteiger partial charge in [-0.25, -0.2) is 4.39 Å². The molecule has 0 aliphatic rings. The van der Waals surface area contributed by atoms with Gasteiger partial charge in [-0.15, -0.1) is 11.3 Å². The SMILES string of the molecule is CNC(Cc1ccc(Cl)cc1F)c1ccc(Br)s1. The summed E-state index contributed by atoms with van der Waals surface area (Å²) >= 11 is 10.8. The number of benzene rings is 1. The zero-order valence-corrected chi connectivity index (χ0v) is 12.9. The summed E-state index contributed by atoms with van der Waals surface area (Å²) in [4.78, 5) is 1.18. The lowest BCUT2D eigenvalue weighted by molar-refractivity contribution is 0.560. The molecule has 1 aromatic heterocycles. The van der Waals surface area contributed by atoms with Gasteiger partial charge in [0.25, 0.3) is 0 Å². The van der Waals surface area contributed by atoms with Gasteiger partial charge in [-0.05, 0) is 59.2 Å². The first-order chi connectivity index (χ1) is 8.60. The number of hydrogen-bond donors (Lipinski definition) is 1. The Morgan fingerprint density at radius 3 is 2.72 bits per heavy atom. The molecule has 5 heteroatoms. The van der Waals surface area contributed by atoms with Gasteiger partial charge in [-0.2, -0.15) is 0 Å². The molecule has 96 valence electrons. The minimum absolute atomic E-state index is 0.108. The molecular weight excluding hydrogens is 337 g/mol. The summed E-state index contributed by atoms with van der Waals surface area (Å²) in [6.07, 6.45) is 0.604. The zero-order chi connectivity index (χ0) is 13.1. The van der Waals surface area contributed by atoms with Crippen molar-refractivity contribution in [1.29, 1.82) is 0 Å². The van der Waals surface area contributed by atoms with Gasteiger partial charge in [-0.3, -0.25) is 0 Å².